The fourth-order valence-electron chi connectivity index (χ4n) is 3.09. The second-order valence-corrected chi connectivity index (χ2v) is 6.95. The van der Waals surface area contributed by atoms with Crippen molar-refractivity contribution in [1.82, 2.24) is 20.1 Å². The standard InChI is InChI=1S/C17H19N5OS.ClH/c1-22-17(19-15(21-22)11-6-8-18-9-7-11)20-16(23)13-10-24-14-5-3-2-4-12(13)14;/h2-5,10-11,18H,6-9H2,1H3,(H,19,20,21,23);1H. The fraction of sp³-hybridized carbons (Fsp3) is 0.353. The topological polar surface area (TPSA) is 71.8 Å². The van der Waals surface area contributed by atoms with Crippen molar-refractivity contribution >= 4 is 45.7 Å². The van der Waals surface area contributed by atoms with E-state index in [4.69, 9.17) is 0 Å². The van der Waals surface area contributed by atoms with Crippen LogP contribution in [0.2, 0.25) is 0 Å². The molecule has 0 bridgehead atoms. The van der Waals surface area contributed by atoms with Gasteiger partial charge in [0.05, 0.1) is 5.56 Å². The van der Waals surface area contributed by atoms with Crippen LogP contribution in [0.4, 0.5) is 5.95 Å². The third-order valence-electron chi connectivity index (χ3n) is 4.43. The number of amides is 1. The van der Waals surface area contributed by atoms with Crippen LogP contribution in [0, 0.1) is 0 Å². The van der Waals surface area contributed by atoms with E-state index >= 15 is 0 Å². The van der Waals surface area contributed by atoms with Gasteiger partial charge in [-0.25, -0.2) is 4.68 Å². The van der Waals surface area contributed by atoms with Gasteiger partial charge in [-0.3, -0.25) is 10.1 Å². The van der Waals surface area contributed by atoms with E-state index in [0.29, 0.717) is 17.4 Å². The molecule has 2 aromatic heterocycles. The molecule has 25 heavy (non-hydrogen) atoms. The van der Waals surface area contributed by atoms with E-state index in [9.17, 15) is 4.79 Å². The molecular formula is C17H20ClN5OS. The lowest BCUT2D eigenvalue weighted by Gasteiger charge is -2.19. The largest absolute Gasteiger partial charge is 0.317 e. The predicted octanol–water partition coefficient (Wildman–Crippen LogP) is 3.17. The summed E-state index contributed by atoms with van der Waals surface area (Å²) < 4.78 is 2.76. The first kappa shape index (κ1) is 17.8. The maximum absolute atomic E-state index is 12.6. The Morgan fingerprint density at radius 1 is 1.32 bits per heavy atom. The molecular weight excluding hydrogens is 358 g/mol. The van der Waals surface area contributed by atoms with E-state index in [2.05, 4.69) is 20.7 Å². The third-order valence-corrected chi connectivity index (χ3v) is 5.40. The van der Waals surface area contributed by atoms with E-state index in [1.807, 2.05) is 36.7 Å². The Balaban J connectivity index is 0.00000182. The molecule has 0 spiro atoms. The van der Waals surface area contributed by atoms with Crippen molar-refractivity contribution in [2.75, 3.05) is 18.4 Å². The van der Waals surface area contributed by atoms with Crippen LogP contribution in [0.25, 0.3) is 10.1 Å². The monoisotopic (exact) mass is 377 g/mol. The van der Waals surface area contributed by atoms with Gasteiger partial charge in [-0.05, 0) is 32.0 Å². The number of piperidine rings is 1. The summed E-state index contributed by atoms with van der Waals surface area (Å²) in [6.07, 6.45) is 2.07. The van der Waals surface area contributed by atoms with Gasteiger partial charge in [0.1, 0.15) is 0 Å². The highest BCUT2D eigenvalue weighted by Gasteiger charge is 2.22. The summed E-state index contributed by atoms with van der Waals surface area (Å²) >= 11 is 1.57. The molecule has 0 atom stereocenters. The Kier molecular flexibility index (Phi) is 5.36. The number of carbonyl (C=O) groups is 1. The van der Waals surface area contributed by atoms with Gasteiger partial charge >= 0.3 is 0 Å². The summed E-state index contributed by atoms with van der Waals surface area (Å²) in [4.78, 5) is 17.2. The number of halogens is 1. The van der Waals surface area contributed by atoms with Crippen LogP contribution in [0.3, 0.4) is 0 Å². The number of carbonyl (C=O) groups excluding carboxylic acids is 1. The van der Waals surface area contributed by atoms with E-state index in [1.54, 1.807) is 16.0 Å². The van der Waals surface area contributed by atoms with E-state index in [0.717, 1.165) is 41.8 Å². The quantitative estimate of drug-likeness (QED) is 0.735. The van der Waals surface area contributed by atoms with Gasteiger partial charge in [0.25, 0.3) is 5.91 Å². The molecule has 0 saturated carbocycles. The Morgan fingerprint density at radius 3 is 2.88 bits per heavy atom. The zero-order valence-corrected chi connectivity index (χ0v) is 15.5. The number of hydrogen-bond acceptors (Lipinski definition) is 5. The summed E-state index contributed by atoms with van der Waals surface area (Å²) in [5.41, 5.74) is 0.682. The van der Waals surface area contributed by atoms with Crippen molar-refractivity contribution in [3.63, 3.8) is 0 Å². The number of benzene rings is 1. The first-order valence-electron chi connectivity index (χ1n) is 8.11. The molecule has 6 nitrogen and oxygen atoms in total. The maximum Gasteiger partial charge on any atom is 0.259 e. The predicted molar refractivity (Wildman–Crippen MR) is 103 cm³/mol. The van der Waals surface area contributed by atoms with E-state index in [1.165, 1.54) is 0 Å². The summed E-state index contributed by atoms with van der Waals surface area (Å²) in [7, 11) is 1.82. The second-order valence-electron chi connectivity index (χ2n) is 6.04. The van der Waals surface area contributed by atoms with Crippen LogP contribution in [-0.4, -0.2) is 33.8 Å². The van der Waals surface area contributed by atoms with Crippen LogP contribution in [0.15, 0.2) is 29.6 Å². The number of thiophene rings is 1. The van der Waals surface area contributed by atoms with E-state index < -0.39 is 0 Å². The molecule has 3 aromatic rings. The second kappa shape index (κ2) is 7.51. The van der Waals surface area contributed by atoms with Gasteiger partial charge in [-0.1, -0.05) is 18.2 Å². The third kappa shape index (κ3) is 3.53. The summed E-state index contributed by atoms with van der Waals surface area (Å²) in [6.45, 7) is 1.98. The molecule has 1 aliphatic heterocycles. The zero-order valence-electron chi connectivity index (χ0n) is 13.9. The summed E-state index contributed by atoms with van der Waals surface area (Å²) in [6, 6.07) is 7.92. The number of rotatable bonds is 3. The first-order chi connectivity index (χ1) is 11.7. The van der Waals surface area contributed by atoms with Crippen molar-refractivity contribution in [2.24, 2.45) is 7.05 Å². The lowest BCUT2D eigenvalue weighted by Crippen LogP contribution is -2.27. The molecule has 1 aliphatic rings. The van der Waals surface area contributed by atoms with E-state index in [-0.39, 0.29) is 18.3 Å². The molecule has 1 saturated heterocycles. The number of aromatic nitrogens is 3. The summed E-state index contributed by atoms with van der Waals surface area (Å²) in [5.74, 6) is 1.55. The van der Waals surface area contributed by atoms with Crippen molar-refractivity contribution in [2.45, 2.75) is 18.8 Å². The molecule has 2 N–H and O–H groups in total. The lowest BCUT2D eigenvalue weighted by atomic mass is 9.98. The Hall–Kier alpha value is -1.96. The molecule has 132 valence electrons. The molecule has 0 unspecified atom stereocenters. The minimum absolute atomic E-state index is 0. The highest BCUT2D eigenvalue weighted by atomic mass is 35.5. The average Bonchev–Trinajstić information content (AvgIpc) is 3.20. The van der Waals surface area contributed by atoms with Gasteiger partial charge in [-0.2, -0.15) is 10.1 Å². The normalized spacial score (nSPS) is 15.1. The average molecular weight is 378 g/mol. The van der Waals surface area contributed by atoms with Crippen molar-refractivity contribution in [3.05, 3.63) is 41.0 Å². The van der Waals surface area contributed by atoms with Crippen LogP contribution >= 0.6 is 23.7 Å². The number of aryl methyl sites for hydroxylation is 1. The molecule has 1 fully saturated rings. The molecule has 1 amide bonds. The Labute approximate surface area is 156 Å². The van der Waals surface area contributed by atoms with Gasteiger partial charge in [0.2, 0.25) is 5.95 Å². The SMILES string of the molecule is Cl.Cn1nc(C2CCNCC2)nc1NC(=O)c1csc2ccccc12. The maximum atomic E-state index is 12.6. The lowest BCUT2D eigenvalue weighted by molar-refractivity contribution is 0.102. The van der Waals surface area contributed by atoms with Crippen molar-refractivity contribution in [1.29, 1.82) is 0 Å². The van der Waals surface area contributed by atoms with Crippen LogP contribution < -0.4 is 10.6 Å². The molecule has 4 rings (SSSR count). The molecule has 3 heterocycles. The smallest absolute Gasteiger partial charge is 0.259 e. The molecule has 8 heteroatoms. The van der Waals surface area contributed by atoms with Gasteiger partial charge in [0, 0.05) is 28.4 Å². The number of nitrogens with zero attached hydrogens (tertiary/aromatic N) is 3. The molecule has 0 aliphatic carbocycles. The van der Waals surface area contributed by atoms with Gasteiger partial charge in [0.15, 0.2) is 5.82 Å². The first-order valence-corrected chi connectivity index (χ1v) is 8.99. The van der Waals surface area contributed by atoms with Crippen LogP contribution in [-0.2, 0) is 7.05 Å². The van der Waals surface area contributed by atoms with Gasteiger partial charge < -0.3 is 5.32 Å². The number of hydrogen-bond donors (Lipinski definition) is 2. The Bertz CT molecular complexity index is 884. The number of nitrogens with one attached hydrogen (secondary N) is 2. The molecule has 1 aromatic carbocycles. The number of anilines is 1. The van der Waals surface area contributed by atoms with Crippen LogP contribution in [0.5, 0.6) is 0 Å². The summed E-state index contributed by atoms with van der Waals surface area (Å²) in [5, 5.41) is 13.6. The Morgan fingerprint density at radius 2 is 2.08 bits per heavy atom. The van der Waals surface area contributed by atoms with Crippen molar-refractivity contribution in [3.8, 4) is 0 Å². The van der Waals surface area contributed by atoms with Gasteiger partial charge in [-0.15, -0.1) is 23.7 Å². The minimum Gasteiger partial charge on any atom is -0.317 e. The van der Waals surface area contributed by atoms with Crippen molar-refractivity contribution < 1.29 is 4.79 Å². The minimum atomic E-state index is -0.139. The molecule has 0 radical (unpaired) electrons. The van der Waals surface area contributed by atoms with Crippen LogP contribution in [0.1, 0.15) is 34.9 Å². The highest BCUT2D eigenvalue weighted by Crippen LogP contribution is 2.27. The fourth-order valence-corrected chi connectivity index (χ4v) is 4.03. The highest BCUT2D eigenvalue weighted by molar-refractivity contribution is 7.17. The number of fused-ring (bicyclic) bond motifs is 1. The zero-order chi connectivity index (χ0) is 16.5.